The molecule has 0 spiro atoms. The Morgan fingerprint density at radius 1 is 1.30 bits per heavy atom. The topological polar surface area (TPSA) is 109 Å². The minimum atomic E-state index is -0.755. The van der Waals surface area contributed by atoms with Crippen molar-refractivity contribution in [3.05, 3.63) is 62.7 Å². The molecule has 1 aliphatic rings. The molecule has 0 saturated carbocycles. The van der Waals surface area contributed by atoms with Crippen molar-refractivity contribution in [3.8, 4) is 0 Å². The molecule has 144 valence electrons. The Balaban J connectivity index is 1.65. The van der Waals surface area contributed by atoms with Gasteiger partial charge in [0.1, 0.15) is 5.69 Å². The van der Waals surface area contributed by atoms with Crippen LogP contribution >= 0.6 is 0 Å². The van der Waals surface area contributed by atoms with Gasteiger partial charge in [-0.05, 0) is 18.6 Å². The summed E-state index contributed by atoms with van der Waals surface area (Å²) in [5.41, 5.74) is -0.221. The molecule has 2 N–H and O–H groups in total. The molecule has 1 saturated heterocycles. The molecule has 9 nitrogen and oxygen atoms in total. The lowest BCUT2D eigenvalue weighted by atomic mass is 10.0. The van der Waals surface area contributed by atoms with Crippen LogP contribution in [0, 0.1) is 0 Å². The van der Waals surface area contributed by atoms with Crippen molar-refractivity contribution in [1.29, 1.82) is 0 Å². The van der Waals surface area contributed by atoms with Crippen molar-refractivity contribution in [2.24, 2.45) is 14.1 Å². The molecule has 27 heavy (non-hydrogen) atoms. The summed E-state index contributed by atoms with van der Waals surface area (Å²) in [6.45, 7) is 1.72. The normalized spacial score (nSPS) is 20.4. The zero-order valence-electron chi connectivity index (χ0n) is 15.3. The number of aliphatic hydroxyl groups excluding tert-OH is 1. The van der Waals surface area contributed by atoms with Gasteiger partial charge >= 0.3 is 5.69 Å². The predicted octanol–water partition coefficient (Wildman–Crippen LogP) is -1.16. The van der Waals surface area contributed by atoms with E-state index in [1.807, 2.05) is 18.2 Å². The highest BCUT2D eigenvalue weighted by atomic mass is 16.3. The molecular formula is C18H23N5O4. The number of β-amino-alcohol motifs (C(OH)–C–C–N with tert-alkyl or cyclic N) is 1. The molecule has 1 amide bonds. The number of nitrogens with zero attached hydrogens (tertiary/aromatic N) is 4. The molecule has 0 aliphatic carbocycles. The van der Waals surface area contributed by atoms with Crippen LogP contribution in [-0.2, 0) is 20.6 Å². The Hall–Kier alpha value is -2.78. The average molecular weight is 373 g/mol. The number of amides is 1. The molecule has 3 rings (SSSR count). The first-order valence-corrected chi connectivity index (χ1v) is 8.75. The number of aliphatic hydroxyl groups is 1. The van der Waals surface area contributed by atoms with E-state index in [2.05, 4.69) is 15.2 Å². The number of hydrogen-bond acceptors (Lipinski definition) is 6. The van der Waals surface area contributed by atoms with Gasteiger partial charge in [-0.3, -0.25) is 28.6 Å². The van der Waals surface area contributed by atoms with Crippen molar-refractivity contribution in [3.63, 3.8) is 0 Å². The first kappa shape index (κ1) is 19.0. The molecule has 2 aromatic rings. The minimum absolute atomic E-state index is 0.0220. The first-order valence-electron chi connectivity index (χ1n) is 8.75. The summed E-state index contributed by atoms with van der Waals surface area (Å²) in [5, 5.41) is 13.2. The van der Waals surface area contributed by atoms with Crippen LogP contribution in [0.3, 0.4) is 0 Å². The van der Waals surface area contributed by atoms with Crippen LogP contribution < -0.4 is 16.6 Å². The lowest BCUT2D eigenvalue weighted by molar-refractivity contribution is 0.0343. The third-order valence-corrected chi connectivity index (χ3v) is 4.85. The second kappa shape index (κ2) is 7.85. The van der Waals surface area contributed by atoms with E-state index in [0.29, 0.717) is 26.1 Å². The highest BCUT2D eigenvalue weighted by Gasteiger charge is 2.30. The Labute approximate surface area is 155 Å². The van der Waals surface area contributed by atoms with Gasteiger partial charge in [-0.15, -0.1) is 0 Å². The third kappa shape index (κ3) is 4.15. The maximum absolute atomic E-state index is 12.5. The van der Waals surface area contributed by atoms with Gasteiger partial charge in [0, 0.05) is 46.0 Å². The Morgan fingerprint density at radius 2 is 2.07 bits per heavy atom. The highest BCUT2D eigenvalue weighted by molar-refractivity contribution is 5.92. The Kier molecular flexibility index (Phi) is 5.52. The fraction of sp³-hybridized carbons (Fsp3) is 0.444. The van der Waals surface area contributed by atoms with Gasteiger partial charge in [-0.1, -0.05) is 6.07 Å². The van der Waals surface area contributed by atoms with Gasteiger partial charge in [-0.25, -0.2) is 4.79 Å². The van der Waals surface area contributed by atoms with Crippen molar-refractivity contribution in [1.82, 2.24) is 24.3 Å². The molecule has 9 heteroatoms. The summed E-state index contributed by atoms with van der Waals surface area (Å²) >= 11 is 0. The number of carbonyl (C=O) groups is 1. The standard InChI is InChI=1S/C18H23N5O4/c1-21-14(9-16(25)22(2)18(21)27)17(26)20-13-6-8-23(11-15(13)24)10-12-5-3-4-7-19-12/h3-5,7,9,13,15,24H,6,8,10-11H2,1-2H3,(H,20,26)/t13-,15-/m1/s1. The molecule has 0 bridgehead atoms. The highest BCUT2D eigenvalue weighted by Crippen LogP contribution is 2.14. The number of piperidine rings is 1. The summed E-state index contributed by atoms with van der Waals surface area (Å²) < 4.78 is 2.06. The molecule has 2 aromatic heterocycles. The summed E-state index contributed by atoms with van der Waals surface area (Å²) in [4.78, 5) is 42.6. The number of aromatic nitrogens is 3. The van der Waals surface area contributed by atoms with Crippen LogP contribution in [0.25, 0.3) is 0 Å². The summed E-state index contributed by atoms with van der Waals surface area (Å²) in [6.07, 6.45) is 1.53. The molecule has 0 aromatic carbocycles. The van der Waals surface area contributed by atoms with E-state index in [9.17, 15) is 19.5 Å². The van der Waals surface area contributed by atoms with Gasteiger partial charge in [0.2, 0.25) is 0 Å². The van der Waals surface area contributed by atoms with Crippen LogP contribution in [0.4, 0.5) is 0 Å². The van der Waals surface area contributed by atoms with E-state index < -0.39 is 29.3 Å². The summed E-state index contributed by atoms with van der Waals surface area (Å²) in [5.74, 6) is -0.547. The Morgan fingerprint density at radius 3 is 2.74 bits per heavy atom. The summed E-state index contributed by atoms with van der Waals surface area (Å²) in [6, 6.07) is 6.37. The van der Waals surface area contributed by atoms with Gasteiger partial charge in [0.05, 0.1) is 17.8 Å². The zero-order valence-corrected chi connectivity index (χ0v) is 15.3. The van der Waals surface area contributed by atoms with E-state index in [1.165, 1.54) is 14.1 Å². The maximum atomic E-state index is 12.5. The fourth-order valence-corrected chi connectivity index (χ4v) is 3.22. The lowest BCUT2D eigenvalue weighted by Gasteiger charge is -2.36. The summed E-state index contributed by atoms with van der Waals surface area (Å²) in [7, 11) is 2.79. The fourth-order valence-electron chi connectivity index (χ4n) is 3.22. The molecule has 2 atom stereocenters. The van der Waals surface area contributed by atoms with E-state index in [4.69, 9.17) is 0 Å². The van der Waals surface area contributed by atoms with E-state index in [-0.39, 0.29) is 5.69 Å². The van der Waals surface area contributed by atoms with Gasteiger partial charge in [-0.2, -0.15) is 0 Å². The number of pyridine rings is 1. The largest absolute Gasteiger partial charge is 0.390 e. The molecule has 0 radical (unpaired) electrons. The van der Waals surface area contributed by atoms with Crippen LogP contribution in [-0.4, -0.2) is 55.3 Å². The first-order chi connectivity index (χ1) is 12.9. The van der Waals surface area contributed by atoms with Gasteiger partial charge in [0.25, 0.3) is 11.5 Å². The molecule has 0 unspecified atom stereocenters. The monoisotopic (exact) mass is 373 g/mol. The second-order valence-corrected chi connectivity index (χ2v) is 6.76. The number of rotatable bonds is 4. The average Bonchev–Trinajstić information content (AvgIpc) is 2.66. The number of carbonyl (C=O) groups excluding carboxylic acids is 1. The van der Waals surface area contributed by atoms with Crippen molar-refractivity contribution >= 4 is 5.91 Å². The van der Waals surface area contributed by atoms with Crippen molar-refractivity contribution in [2.45, 2.75) is 25.1 Å². The van der Waals surface area contributed by atoms with Crippen LogP contribution in [0.15, 0.2) is 40.1 Å². The maximum Gasteiger partial charge on any atom is 0.331 e. The molecule has 3 heterocycles. The van der Waals surface area contributed by atoms with E-state index >= 15 is 0 Å². The third-order valence-electron chi connectivity index (χ3n) is 4.85. The lowest BCUT2D eigenvalue weighted by Crippen LogP contribution is -2.54. The second-order valence-electron chi connectivity index (χ2n) is 6.76. The van der Waals surface area contributed by atoms with Crippen molar-refractivity contribution < 1.29 is 9.90 Å². The van der Waals surface area contributed by atoms with Crippen LogP contribution in [0.2, 0.25) is 0 Å². The number of nitrogens with one attached hydrogen (secondary N) is 1. The molecule has 1 aliphatic heterocycles. The number of likely N-dealkylation sites (tertiary alicyclic amines) is 1. The van der Waals surface area contributed by atoms with Gasteiger partial charge < -0.3 is 10.4 Å². The van der Waals surface area contributed by atoms with Crippen molar-refractivity contribution in [2.75, 3.05) is 13.1 Å². The number of hydrogen-bond donors (Lipinski definition) is 2. The molecule has 1 fully saturated rings. The quantitative estimate of drug-likeness (QED) is 0.700. The van der Waals surface area contributed by atoms with Crippen LogP contribution in [0.1, 0.15) is 22.6 Å². The van der Waals surface area contributed by atoms with Gasteiger partial charge in [0.15, 0.2) is 0 Å². The SMILES string of the molecule is Cn1c(C(=O)N[C@@H]2CCN(Cc3ccccn3)C[C@H]2O)cc(=O)n(C)c1=O. The van der Waals surface area contributed by atoms with E-state index in [1.54, 1.807) is 6.20 Å². The molecular weight excluding hydrogens is 350 g/mol. The zero-order chi connectivity index (χ0) is 19.6. The minimum Gasteiger partial charge on any atom is -0.390 e. The predicted molar refractivity (Wildman–Crippen MR) is 98.3 cm³/mol. The van der Waals surface area contributed by atoms with Crippen LogP contribution in [0.5, 0.6) is 0 Å². The Bertz CT molecular complexity index is 937. The van der Waals surface area contributed by atoms with E-state index in [0.717, 1.165) is 20.9 Å². The smallest absolute Gasteiger partial charge is 0.331 e.